The summed E-state index contributed by atoms with van der Waals surface area (Å²) >= 11 is 1.45. The van der Waals surface area contributed by atoms with Crippen LogP contribution in [0.15, 0.2) is 42.7 Å². The normalized spacial score (nSPS) is 13.2. The average Bonchev–Trinajstić information content (AvgIpc) is 3.26. The van der Waals surface area contributed by atoms with Crippen molar-refractivity contribution >= 4 is 38.4 Å². The van der Waals surface area contributed by atoms with Gasteiger partial charge in [0.2, 0.25) is 0 Å². The number of aryl methyl sites for hydroxylation is 3. The number of Topliss-reactive ketones (excluding diaryl/α,β-unsaturated/α-hetero) is 1. The maximum absolute atomic E-state index is 13.1. The van der Waals surface area contributed by atoms with Gasteiger partial charge in [0.15, 0.2) is 5.13 Å². The largest absolute Gasteiger partial charge is 0.494 e. The van der Waals surface area contributed by atoms with Crippen molar-refractivity contribution in [3.05, 3.63) is 65.2 Å². The maximum atomic E-state index is 13.1. The van der Waals surface area contributed by atoms with Crippen molar-refractivity contribution in [3.63, 3.8) is 0 Å². The Bertz CT molecular complexity index is 1410. The molecule has 186 valence electrons. The highest BCUT2D eigenvalue weighted by atomic mass is 32.1. The maximum Gasteiger partial charge on any atom is 0.259 e. The number of carbonyl (C=O) groups excluding carboxylic acids is 2. The van der Waals surface area contributed by atoms with Crippen LogP contribution in [0.25, 0.3) is 21.3 Å². The van der Waals surface area contributed by atoms with Gasteiger partial charge in [-0.25, -0.2) is 4.98 Å². The molecular weight excluding hydrogens is 472 g/mol. The number of aromatic nitrogens is 3. The minimum atomic E-state index is -0.264. The van der Waals surface area contributed by atoms with Crippen LogP contribution in [0.1, 0.15) is 59.4 Å². The minimum absolute atomic E-state index is 0.264. The van der Waals surface area contributed by atoms with E-state index in [1.165, 1.54) is 17.8 Å². The van der Waals surface area contributed by atoms with E-state index in [-0.39, 0.29) is 5.91 Å². The number of methoxy groups -OCH3 is 1. The predicted molar refractivity (Wildman–Crippen MR) is 144 cm³/mol. The molecule has 1 aliphatic rings. The first-order valence-electron chi connectivity index (χ1n) is 12.0. The molecular formula is C28H30N4O3S. The molecule has 0 spiro atoms. The Labute approximate surface area is 215 Å². The van der Waals surface area contributed by atoms with E-state index in [2.05, 4.69) is 26.3 Å². The first-order chi connectivity index (χ1) is 17.3. The molecule has 3 aromatic heterocycles. The number of benzene rings is 1. The number of carbonyl (C=O) groups is 2. The predicted octanol–water partition coefficient (Wildman–Crippen LogP) is 6.46. The standard InChI is InChI=1S/C22H20N4O2S.C6H10O/c1-12-5-6-18-20(7-12)29-22(25-18)26-21(27)17-10-23-13(2)8-15(17)16-9-14(3)24-11-19(16)28-4;7-6-4-2-1-3-5-6/h5-11H,1-4H3,(H,25,26,27);1-5H2. The summed E-state index contributed by atoms with van der Waals surface area (Å²) in [6, 6.07) is 9.82. The zero-order valence-corrected chi connectivity index (χ0v) is 21.9. The summed E-state index contributed by atoms with van der Waals surface area (Å²) in [6.45, 7) is 5.83. The molecule has 1 aliphatic carbocycles. The van der Waals surface area contributed by atoms with Gasteiger partial charge in [0.05, 0.1) is 29.1 Å². The number of nitrogens with one attached hydrogen (secondary N) is 1. The molecule has 0 aliphatic heterocycles. The quantitative estimate of drug-likeness (QED) is 0.344. The number of hydrogen-bond acceptors (Lipinski definition) is 7. The molecule has 8 heteroatoms. The second-order valence-electron chi connectivity index (χ2n) is 8.94. The van der Waals surface area contributed by atoms with Crippen LogP contribution in [-0.2, 0) is 4.79 Å². The summed E-state index contributed by atoms with van der Waals surface area (Å²) in [6.07, 6.45) is 8.49. The smallest absolute Gasteiger partial charge is 0.259 e. The zero-order chi connectivity index (χ0) is 25.7. The van der Waals surface area contributed by atoms with Gasteiger partial charge in [0.1, 0.15) is 11.5 Å². The number of fused-ring (bicyclic) bond motifs is 1. The second kappa shape index (κ2) is 11.4. The van der Waals surface area contributed by atoms with Crippen LogP contribution >= 0.6 is 11.3 Å². The van der Waals surface area contributed by atoms with Crippen LogP contribution < -0.4 is 10.1 Å². The Balaban J connectivity index is 0.000000375. The molecule has 1 amide bonds. The summed E-state index contributed by atoms with van der Waals surface area (Å²) in [4.78, 5) is 36.7. The van der Waals surface area contributed by atoms with Gasteiger partial charge in [0.25, 0.3) is 5.91 Å². The summed E-state index contributed by atoms with van der Waals surface area (Å²) < 4.78 is 6.51. The van der Waals surface area contributed by atoms with Gasteiger partial charge in [-0.3, -0.25) is 24.9 Å². The number of pyridine rings is 2. The lowest BCUT2D eigenvalue weighted by Crippen LogP contribution is -2.14. The van der Waals surface area contributed by atoms with Gasteiger partial charge in [-0.2, -0.15) is 0 Å². The molecule has 4 aromatic rings. The fraction of sp³-hybridized carbons (Fsp3) is 0.321. The lowest BCUT2D eigenvalue weighted by Gasteiger charge is -2.13. The molecule has 7 nitrogen and oxygen atoms in total. The van der Waals surface area contributed by atoms with Crippen LogP contribution in [0, 0.1) is 20.8 Å². The van der Waals surface area contributed by atoms with E-state index in [1.807, 2.05) is 45.0 Å². The van der Waals surface area contributed by atoms with E-state index in [9.17, 15) is 9.59 Å². The Morgan fingerprint density at radius 2 is 1.64 bits per heavy atom. The van der Waals surface area contributed by atoms with E-state index in [0.717, 1.165) is 64.0 Å². The van der Waals surface area contributed by atoms with Gasteiger partial charge in [-0.15, -0.1) is 0 Å². The fourth-order valence-electron chi connectivity index (χ4n) is 4.08. The summed E-state index contributed by atoms with van der Waals surface area (Å²) in [5.74, 6) is 0.803. The number of nitrogens with zero attached hydrogens (tertiary/aromatic N) is 3. The number of hydrogen-bond donors (Lipinski definition) is 1. The number of thiazole rings is 1. The molecule has 0 unspecified atom stereocenters. The van der Waals surface area contributed by atoms with Crippen LogP contribution in [0.5, 0.6) is 5.75 Å². The Hall–Kier alpha value is -3.65. The minimum Gasteiger partial charge on any atom is -0.494 e. The molecule has 5 rings (SSSR count). The van der Waals surface area contributed by atoms with Crippen LogP contribution in [0.3, 0.4) is 0 Å². The Kier molecular flexibility index (Phi) is 8.05. The van der Waals surface area contributed by atoms with Crippen molar-refractivity contribution in [2.45, 2.75) is 52.9 Å². The number of anilines is 1. The third-order valence-electron chi connectivity index (χ3n) is 5.98. The highest BCUT2D eigenvalue weighted by molar-refractivity contribution is 7.22. The number of rotatable bonds is 4. The van der Waals surface area contributed by atoms with E-state index < -0.39 is 0 Å². The van der Waals surface area contributed by atoms with Crippen LogP contribution in [-0.4, -0.2) is 33.8 Å². The molecule has 1 saturated carbocycles. The first kappa shape index (κ1) is 25.4. The molecule has 0 saturated heterocycles. The Morgan fingerprint density at radius 1 is 0.944 bits per heavy atom. The zero-order valence-electron chi connectivity index (χ0n) is 21.1. The summed E-state index contributed by atoms with van der Waals surface area (Å²) in [7, 11) is 1.59. The highest BCUT2D eigenvalue weighted by Crippen LogP contribution is 2.34. The van der Waals surface area contributed by atoms with Gasteiger partial charge in [-0.1, -0.05) is 23.8 Å². The lowest BCUT2D eigenvalue weighted by molar-refractivity contribution is -0.120. The van der Waals surface area contributed by atoms with Crippen LogP contribution in [0.2, 0.25) is 0 Å². The molecule has 3 heterocycles. The Morgan fingerprint density at radius 3 is 2.31 bits per heavy atom. The summed E-state index contributed by atoms with van der Waals surface area (Å²) in [5, 5.41) is 3.48. The van der Waals surface area contributed by atoms with Crippen molar-refractivity contribution < 1.29 is 14.3 Å². The van der Waals surface area contributed by atoms with Crippen LogP contribution in [0.4, 0.5) is 5.13 Å². The third-order valence-corrected chi connectivity index (χ3v) is 6.91. The molecule has 1 N–H and O–H groups in total. The van der Waals surface area contributed by atoms with E-state index in [1.54, 1.807) is 19.5 Å². The molecule has 0 radical (unpaired) electrons. The first-order valence-corrected chi connectivity index (χ1v) is 12.8. The third kappa shape index (κ3) is 6.12. The average molecular weight is 503 g/mol. The van der Waals surface area contributed by atoms with Crippen molar-refractivity contribution in [2.75, 3.05) is 12.4 Å². The van der Waals surface area contributed by atoms with Crippen molar-refractivity contribution in [2.24, 2.45) is 0 Å². The van der Waals surface area contributed by atoms with E-state index in [0.29, 0.717) is 22.2 Å². The van der Waals surface area contributed by atoms with Gasteiger partial charge in [0, 0.05) is 41.6 Å². The number of amides is 1. The molecule has 0 atom stereocenters. The van der Waals surface area contributed by atoms with Crippen molar-refractivity contribution in [1.82, 2.24) is 15.0 Å². The molecule has 36 heavy (non-hydrogen) atoms. The van der Waals surface area contributed by atoms with Gasteiger partial charge < -0.3 is 4.74 Å². The SMILES string of the molecule is COc1cnc(C)cc1-c1cc(C)ncc1C(=O)Nc1nc2ccc(C)cc2s1.O=C1CCCCC1. The molecule has 0 bridgehead atoms. The summed E-state index contributed by atoms with van der Waals surface area (Å²) in [5.41, 5.74) is 5.67. The van der Waals surface area contributed by atoms with Crippen molar-refractivity contribution in [1.29, 1.82) is 0 Å². The highest BCUT2D eigenvalue weighted by Gasteiger charge is 2.19. The number of ether oxygens (including phenoxy) is 1. The van der Waals surface area contributed by atoms with Gasteiger partial charge >= 0.3 is 0 Å². The number of ketones is 1. The second-order valence-corrected chi connectivity index (χ2v) is 9.97. The molecule has 1 aromatic carbocycles. The molecule has 1 fully saturated rings. The van der Waals surface area contributed by atoms with E-state index >= 15 is 0 Å². The van der Waals surface area contributed by atoms with E-state index in [4.69, 9.17) is 4.74 Å². The topological polar surface area (TPSA) is 94.1 Å². The van der Waals surface area contributed by atoms with Crippen molar-refractivity contribution in [3.8, 4) is 16.9 Å². The lowest BCUT2D eigenvalue weighted by atomic mass is 9.99. The fourth-order valence-corrected chi connectivity index (χ4v) is 5.04. The van der Waals surface area contributed by atoms with Gasteiger partial charge in [-0.05, 0) is 63.4 Å². The monoisotopic (exact) mass is 502 g/mol.